The summed E-state index contributed by atoms with van der Waals surface area (Å²) in [5.41, 5.74) is 1.16. The lowest BCUT2D eigenvalue weighted by molar-refractivity contribution is -0.121. The van der Waals surface area contributed by atoms with E-state index in [0.29, 0.717) is 6.61 Å². The van der Waals surface area contributed by atoms with Crippen molar-refractivity contribution >= 4 is 17.5 Å². The molecule has 0 heterocycles. The van der Waals surface area contributed by atoms with Gasteiger partial charge in [-0.3, -0.25) is 4.79 Å². The van der Waals surface area contributed by atoms with Gasteiger partial charge >= 0.3 is 0 Å². The molecule has 0 saturated carbocycles. The molecule has 0 fully saturated rings. The number of ether oxygens (including phenoxy) is 1. The number of carbonyl (C=O) groups excluding carboxylic acids is 1. The van der Waals surface area contributed by atoms with Crippen LogP contribution in [0.2, 0.25) is 5.02 Å². The maximum absolute atomic E-state index is 13.7. The Kier molecular flexibility index (Phi) is 5.99. The van der Waals surface area contributed by atoms with Crippen LogP contribution in [0.1, 0.15) is 31.0 Å². The molecule has 0 spiro atoms. The molecule has 2 aromatic carbocycles. The highest BCUT2D eigenvalue weighted by molar-refractivity contribution is 6.31. The second kappa shape index (κ2) is 7.97. The van der Waals surface area contributed by atoms with Gasteiger partial charge in [-0.25, -0.2) is 4.39 Å². The van der Waals surface area contributed by atoms with Gasteiger partial charge in [0.15, 0.2) is 0 Å². The third-order valence-electron chi connectivity index (χ3n) is 3.47. The summed E-state index contributed by atoms with van der Waals surface area (Å²) >= 11 is 5.94. The SMILES string of the molecule is CCOc1ccc(C(C)NC(=O)Cc2c(F)cccc2Cl)cc1. The molecule has 2 aromatic rings. The first-order valence-electron chi connectivity index (χ1n) is 7.46. The van der Waals surface area contributed by atoms with Crippen LogP contribution in [0.4, 0.5) is 4.39 Å². The Labute approximate surface area is 140 Å². The fourth-order valence-electron chi connectivity index (χ4n) is 2.26. The Morgan fingerprint density at radius 2 is 1.96 bits per heavy atom. The molecule has 0 saturated heterocycles. The van der Waals surface area contributed by atoms with Crippen LogP contribution in [0.15, 0.2) is 42.5 Å². The van der Waals surface area contributed by atoms with Crippen LogP contribution in [0, 0.1) is 5.82 Å². The van der Waals surface area contributed by atoms with E-state index in [4.69, 9.17) is 16.3 Å². The molecule has 0 aliphatic rings. The van der Waals surface area contributed by atoms with E-state index in [-0.39, 0.29) is 29.0 Å². The van der Waals surface area contributed by atoms with Crippen LogP contribution < -0.4 is 10.1 Å². The molecule has 1 amide bonds. The number of halogens is 2. The van der Waals surface area contributed by atoms with Gasteiger partial charge in [0.05, 0.1) is 19.1 Å². The lowest BCUT2D eigenvalue weighted by Crippen LogP contribution is -2.28. The third kappa shape index (κ3) is 4.70. The van der Waals surface area contributed by atoms with Crippen molar-refractivity contribution < 1.29 is 13.9 Å². The van der Waals surface area contributed by atoms with Gasteiger partial charge in [0.2, 0.25) is 5.91 Å². The number of hydrogen-bond donors (Lipinski definition) is 1. The average molecular weight is 336 g/mol. The van der Waals surface area contributed by atoms with Crippen molar-refractivity contribution in [3.63, 3.8) is 0 Å². The Bertz CT molecular complexity index is 653. The molecule has 0 aliphatic carbocycles. The Balaban J connectivity index is 1.99. The van der Waals surface area contributed by atoms with Crippen molar-refractivity contribution in [3.8, 4) is 5.75 Å². The summed E-state index contributed by atoms with van der Waals surface area (Å²) in [5, 5.41) is 3.10. The van der Waals surface area contributed by atoms with E-state index >= 15 is 0 Å². The van der Waals surface area contributed by atoms with Crippen molar-refractivity contribution in [2.24, 2.45) is 0 Å². The van der Waals surface area contributed by atoms with E-state index in [1.54, 1.807) is 6.07 Å². The number of carbonyl (C=O) groups is 1. The molecule has 5 heteroatoms. The van der Waals surface area contributed by atoms with Crippen molar-refractivity contribution in [1.82, 2.24) is 5.32 Å². The summed E-state index contributed by atoms with van der Waals surface area (Å²) in [7, 11) is 0. The number of benzene rings is 2. The van der Waals surface area contributed by atoms with Crippen LogP contribution in [0.25, 0.3) is 0 Å². The van der Waals surface area contributed by atoms with E-state index in [0.717, 1.165) is 11.3 Å². The molecular formula is C18H19ClFNO2. The highest BCUT2D eigenvalue weighted by Crippen LogP contribution is 2.21. The van der Waals surface area contributed by atoms with Crippen LogP contribution in [0.3, 0.4) is 0 Å². The molecule has 1 atom stereocenters. The van der Waals surface area contributed by atoms with Gasteiger partial charge in [-0.1, -0.05) is 29.8 Å². The lowest BCUT2D eigenvalue weighted by atomic mass is 10.1. The Morgan fingerprint density at radius 1 is 1.26 bits per heavy atom. The Hall–Kier alpha value is -2.07. The number of nitrogens with one attached hydrogen (secondary N) is 1. The summed E-state index contributed by atoms with van der Waals surface area (Å²) in [6.45, 7) is 4.40. The van der Waals surface area contributed by atoms with Crippen LogP contribution in [-0.2, 0) is 11.2 Å². The van der Waals surface area contributed by atoms with E-state index < -0.39 is 5.82 Å². The average Bonchev–Trinajstić information content (AvgIpc) is 2.52. The monoisotopic (exact) mass is 335 g/mol. The topological polar surface area (TPSA) is 38.3 Å². The molecule has 2 rings (SSSR count). The molecule has 23 heavy (non-hydrogen) atoms. The second-order valence-electron chi connectivity index (χ2n) is 5.17. The maximum atomic E-state index is 13.7. The number of hydrogen-bond acceptors (Lipinski definition) is 2. The van der Waals surface area contributed by atoms with Crippen LogP contribution in [0.5, 0.6) is 5.75 Å². The van der Waals surface area contributed by atoms with Crippen LogP contribution >= 0.6 is 11.6 Å². The minimum Gasteiger partial charge on any atom is -0.494 e. The maximum Gasteiger partial charge on any atom is 0.225 e. The van der Waals surface area contributed by atoms with Crippen LogP contribution in [-0.4, -0.2) is 12.5 Å². The summed E-state index contributed by atoms with van der Waals surface area (Å²) < 4.78 is 19.1. The van der Waals surface area contributed by atoms with Gasteiger partial charge in [0.25, 0.3) is 0 Å². The quantitative estimate of drug-likeness (QED) is 0.854. The van der Waals surface area contributed by atoms with E-state index in [1.807, 2.05) is 38.1 Å². The first kappa shape index (κ1) is 17.3. The van der Waals surface area contributed by atoms with E-state index in [9.17, 15) is 9.18 Å². The Morgan fingerprint density at radius 3 is 2.57 bits per heavy atom. The second-order valence-corrected chi connectivity index (χ2v) is 5.58. The fourth-order valence-corrected chi connectivity index (χ4v) is 2.49. The fraction of sp³-hybridized carbons (Fsp3) is 0.278. The molecule has 0 aliphatic heterocycles. The number of amides is 1. The molecule has 3 nitrogen and oxygen atoms in total. The first-order valence-corrected chi connectivity index (χ1v) is 7.84. The zero-order chi connectivity index (χ0) is 16.8. The third-order valence-corrected chi connectivity index (χ3v) is 3.82. The highest BCUT2D eigenvalue weighted by atomic mass is 35.5. The zero-order valence-corrected chi connectivity index (χ0v) is 13.9. The van der Waals surface area contributed by atoms with Gasteiger partial charge < -0.3 is 10.1 Å². The normalized spacial score (nSPS) is 11.8. The van der Waals surface area contributed by atoms with Gasteiger partial charge in [-0.15, -0.1) is 0 Å². The largest absolute Gasteiger partial charge is 0.494 e. The minimum absolute atomic E-state index is 0.0904. The van der Waals surface area contributed by atoms with Gasteiger partial charge in [0, 0.05) is 10.6 Å². The van der Waals surface area contributed by atoms with Gasteiger partial charge in [-0.05, 0) is 43.7 Å². The summed E-state index contributed by atoms with van der Waals surface area (Å²) in [4.78, 5) is 12.1. The van der Waals surface area contributed by atoms with Crippen molar-refractivity contribution in [3.05, 3.63) is 64.4 Å². The predicted molar refractivity (Wildman–Crippen MR) is 89.3 cm³/mol. The highest BCUT2D eigenvalue weighted by Gasteiger charge is 2.14. The standard InChI is InChI=1S/C18H19ClFNO2/c1-3-23-14-9-7-13(8-10-14)12(2)21-18(22)11-15-16(19)5-4-6-17(15)20/h4-10,12H,3,11H2,1-2H3,(H,21,22). The van der Waals surface area contributed by atoms with Crippen molar-refractivity contribution in [2.45, 2.75) is 26.3 Å². The molecular weight excluding hydrogens is 317 g/mol. The molecule has 0 aromatic heterocycles. The molecule has 0 bridgehead atoms. The van der Waals surface area contributed by atoms with Crippen molar-refractivity contribution in [1.29, 1.82) is 0 Å². The zero-order valence-electron chi connectivity index (χ0n) is 13.1. The van der Waals surface area contributed by atoms with E-state index in [2.05, 4.69) is 5.32 Å². The summed E-state index contributed by atoms with van der Waals surface area (Å²) in [6.07, 6.45) is -0.0904. The summed E-state index contributed by atoms with van der Waals surface area (Å²) in [6, 6.07) is 11.7. The van der Waals surface area contributed by atoms with Gasteiger partial charge in [0.1, 0.15) is 11.6 Å². The molecule has 122 valence electrons. The van der Waals surface area contributed by atoms with Crippen molar-refractivity contribution in [2.75, 3.05) is 6.61 Å². The lowest BCUT2D eigenvalue weighted by Gasteiger charge is -2.15. The molecule has 0 radical (unpaired) electrons. The molecule has 1 unspecified atom stereocenters. The minimum atomic E-state index is -0.471. The predicted octanol–water partition coefficient (Wildman–Crippen LogP) is 4.30. The number of rotatable bonds is 6. The van der Waals surface area contributed by atoms with E-state index in [1.165, 1.54) is 12.1 Å². The van der Waals surface area contributed by atoms with Gasteiger partial charge in [-0.2, -0.15) is 0 Å². The summed E-state index contributed by atoms with van der Waals surface area (Å²) in [5.74, 6) is 0.0349. The smallest absolute Gasteiger partial charge is 0.225 e. The molecule has 1 N–H and O–H groups in total. The first-order chi connectivity index (χ1) is 11.0.